The Morgan fingerprint density at radius 2 is 1.71 bits per heavy atom. The van der Waals surface area contributed by atoms with Crippen molar-refractivity contribution < 1.29 is 23.8 Å². The Bertz CT molecular complexity index is 853. The maximum absolute atomic E-state index is 12.8. The van der Waals surface area contributed by atoms with Crippen LogP contribution in [0.5, 0.6) is 11.5 Å². The largest absolute Gasteiger partial charge is 0.493 e. The van der Waals surface area contributed by atoms with Gasteiger partial charge in [0, 0.05) is 5.92 Å². The first-order valence-corrected chi connectivity index (χ1v) is 10.1. The molecule has 1 aromatic carbocycles. The molecule has 28 heavy (non-hydrogen) atoms. The minimum atomic E-state index is -0.258. The zero-order valence-corrected chi connectivity index (χ0v) is 17.0. The van der Waals surface area contributed by atoms with Crippen molar-refractivity contribution in [3.8, 4) is 11.5 Å². The van der Waals surface area contributed by atoms with Crippen LogP contribution in [0.15, 0.2) is 23.3 Å². The third kappa shape index (κ3) is 2.83. The number of hydrogen-bond acceptors (Lipinski definition) is 5. The van der Waals surface area contributed by atoms with Crippen LogP contribution in [-0.2, 0) is 20.7 Å². The zero-order valence-electron chi connectivity index (χ0n) is 17.0. The summed E-state index contributed by atoms with van der Waals surface area (Å²) < 4.78 is 16.2. The monoisotopic (exact) mass is 384 g/mol. The molecule has 4 atom stereocenters. The molecular weight excluding hydrogens is 356 g/mol. The lowest BCUT2D eigenvalue weighted by Crippen LogP contribution is -2.40. The molecule has 5 nitrogen and oxygen atoms in total. The third-order valence-corrected chi connectivity index (χ3v) is 7.07. The molecular formula is C23H28O5. The summed E-state index contributed by atoms with van der Waals surface area (Å²) in [7, 11) is 4.74. The number of fused-ring (bicyclic) bond motifs is 5. The second-order valence-electron chi connectivity index (χ2n) is 8.17. The van der Waals surface area contributed by atoms with Gasteiger partial charge in [0.1, 0.15) is 0 Å². The number of benzene rings is 1. The van der Waals surface area contributed by atoms with E-state index >= 15 is 0 Å². The lowest BCUT2D eigenvalue weighted by molar-refractivity contribution is -0.148. The summed E-state index contributed by atoms with van der Waals surface area (Å²) in [5, 5.41) is 0. The number of aryl methyl sites for hydroxylation is 1. The quantitative estimate of drug-likeness (QED) is 0.738. The summed E-state index contributed by atoms with van der Waals surface area (Å²) in [6.07, 6.45) is 4.44. The molecule has 0 aromatic heterocycles. The van der Waals surface area contributed by atoms with Crippen molar-refractivity contribution in [2.75, 3.05) is 21.3 Å². The second kappa shape index (κ2) is 7.26. The van der Waals surface area contributed by atoms with E-state index in [1.165, 1.54) is 23.8 Å². The molecule has 3 aliphatic rings. The van der Waals surface area contributed by atoms with Crippen LogP contribution in [0.1, 0.15) is 49.7 Å². The van der Waals surface area contributed by atoms with Gasteiger partial charge in [0.05, 0.1) is 27.2 Å². The van der Waals surface area contributed by atoms with E-state index < -0.39 is 0 Å². The van der Waals surface area contributed by atoms with Gasteiger partial charge in [-0.15, -0.1) is 0 Å². The number of ketones is 1. The highest BCUT2D eigenvalue weighted by Gasteiger charge is 2.50. The molecule has 1 saturated carbocycles. The first-order chi connectivity index (χ1) is 13.5. The predicted octanol–water partition coefficient (Wildman–Crippen LogP) is 3.84. The topological polar surface area (TPSA) is 61.8 Å². The van der Waals surface area contributed by atoms with Crippen LogP contribution in [0.25, 0.3) is 0 Å². The molecule has 1 fully saturated rings. The van der Waals surface area contributed by atoms with Gasteiger partial charge >= 0.3 is 5.97 Å². The fraction of sp³-hybridized carbons (Fsp3) is 0.565. The smallest absolute Gasteiger partial charge is 0.309 e. The van der Waals surface area contributed by atoms with Crippen molar-refractivity contribution in [1.82, 2.24) is 0 Å². The number of ether oxygens (including phenoxy) is 3. The van der Waals surface area contributed by atoms with Crippen molar-refractivity contribution in [2.45, 2.75) is 44.9 Å². The molecule has 1 aromatic rings. The Balaban J connectivity index is 1.83. The lowest BCUT2D eigenvalue weighted by Gasteiger charge is -2.46. The van der Waals surface area contributed by atoms with Gasteiger partial charge in [-0.25, -0.2) is 0 Å². The standard InChI is InChI=1S/C23H28O5/c1-12(24)14-7-8-15-16-6-5-13-9-20(26-2)21(27-3)11-17(13)22(16)19(10-18(14)15)23(25)28-4/h9,11,15-16,19,22H,5-8,10H2,1-4H3/t15-,16-,19-,22-/m0/s1. The van der Waals surface area contributed by atoms with E-state index in [9.17, 15) is 9.59 Å². The molecule has 0 spiro atoms. The molecule has 0 radical (unpaired) electrons. The maximum Gasteiger partial charge on any atom is 0.309 e. The molecule has 0 amide bonds. The first kappa shape index (κ1) is 19.0. The molecule has 0 saturated heterocycles. The van der Waals surface area contributed by atoms with Gasteiger partial charge in [0.2, 0.25) is 0 Å². The third-order valence-electron chi connectivity index (χ3n) is 7.07. The van der Waals surface area contributed by atoms with Crippen molar-refractivity contribution in [3.05, 3.63) is 34.4 Å². The van der Waals surface area contributed by atoms with Crippen LogP contribution in [0.2, 0.25) is 0 Å². The fourth-order valence-corrected chi connectivity index (χ4v) is 5.92. The minimum absolute atomic E-state index is 0.0936. The van der Waals surface area contributed by atoms with Gasteiger partial charge < -0.3 is 14.2 Å². The van der Waals surface area contributed by atoms with E-state index in [2.05, 4.69) is 12.1 Å². The number of methoxy groups -OCH3 is 3. The van der Waals surface area contributed by atoms with Gasteiger partial charge in [0.25, 0.3) is 0 Å². The van der Waals surface area contributed by atoms with Crippen LogP contribution in [0.4, 0.5) is 0 Å². The molecule has 150 valence electrons. The van der Waals surface area contributed by atoms with E-state index in [0.29, 0.717) is 24.0 Å². The van der Waals surface area contributed by atoms with Crippen LogP contribution < -0.4 is 9.47 Å². The fourth-order valence-electron chi connectivity index (χ4n) is 5.92. The van der Waals surface area contributed by atoms with Crippen LogP contribution in [0.3, 0.4) is 0 Å². The highest BCUT2D eigenvalue weighted by Crippen LogP contribution is 2.58. The number of esters is 1. The molecule has 5 heteroatoms. The summed E-state index contributed by atoms with van der Waals surface area (Å²) in [6.45, 7) is 1.65. The summed E-state index contributed by atoms with van der Waals surface area (Å²) in [4.78, 5) is 24.9. The Kier molecular flexibility index (Phi) is 4.94. The van der Waals surface area contributed by atoms with Crippen molar-refractivity contribution >= 4 is 11.8 Å². The van der Waals surface area contributed by atoms with Crippen molar-refractivity contribution in [1.29, 1.82) is 0 Å². The van der Waals surface area contributed by atoms with Crippen LogP contribution in [-0.4, -0.2) is 33.1 Å². The highest BCUT2D eigenvalue weighted by atomic mass is 16.5. The van der Waals surface area contributed by atoms with Crippen molar-refractivity contribution in [2.24, 2.45) is 17.8 Å². The number of allylic oxidation sites excluding steroid dienone is 2. The van der Waals surface area contributed by atoms with E-state index in [1.807, 2.05) is 0 Å². The minimum Gasteiger partial charge on any atom is -0.493 e. The maximum atomic E-state index is 12.8. The van der Waals surface area contributed by atoms with Gasteiger partial charge in [-0.3, -0.25) is 9.59 Å². The number of Topliss-reactive ketones (excluding diaryl/α,β-unsaturated/α-hetero) is 1. The van der Waals surface area contributed by atoms with Gasteiger partial charge in [-0.1, -0.05) is 5.57 Å². The van der Waals surface area contributed by atoms with E-state index in [-0.39, 0.29) is 23.6 Å². The van der Waals surface area contributed by atoms with Gasteiger partial charge in [0.15, 0.2) is 17.3 Å². The molecule has 4 rings (SSSR count). The van der Waals surface area contributed by atoms with E-state index in [0.717, 1.165) is 37.0 Å². The number of carbonyl (C=O) groups excluding carboxylic acids is 2. The lowest BCUT2D eigenvalue weighted by atomic mass is 9.58. The van der Waals surface area contributed by atoms with Crippen LogP contribution in [0, 0.1) is 17.8 Å². The number of hydrogen-bond donors (Lipinski definition) is 0. The Morgan fingerprint density at radius 1 is 1.00 bits per heavy atom. The molecule has 0 heterocycles. The van der Waals surface area contributed by atoms with E-state index in [1.54, 1.807) is 21.1 Å². The second-order valence-corrected chi connectivity index (χ2v) is 8.17. The average Bonchev–Trinajstić information content (AvgIpc) is 3.15. The summed E-state index contributed by atoms with van der Waals surface area (Å²) in [5.74, 6) is 1.98. The first-order valence-electron chi connectivity index (χ1n) is 10.1. The number of rotatable bonds is 4. The molecule has 0 aliphatic heterocycles. The Hall–Kier alpha value is -2.30. The normalized spacial score (nSPS) is 28.1. The molecule has 0 N–H and O–H groups in total. The zero-order chi connectivity index (χ0) is 20.0. The summed E-state index contributed by atoms with van der Waals surface area (Å²) in [5.41, 5.74) is 4.58. The number of carbonyl (C=O) groups is 2. The van der Waals surface area contributed by atoms with Crippen LogP contribution >= 0.6 is 0 Å². The highest BCUT2D eigenvalue weighted by molar-refractivity contribution is 5.95. The summed E-state index contributed by atoms with van der Waals surface area (Å²) >= 11 is 0. The Labute approximate surface area is 166 Å². The van der Waals surface area contributed by atoms with E-state index in [4.69, 9.17) is 14.2 Å². The van der Waals surface area contributed by atoms with Gasteiger partial charge in [-0.05, 0) is 79.7 Å². The molecule has 0 unspecified atom stereocenters. The predicted molar refractivity (Wildman–Crippen MR) is 105 cm³/mol. The molecule has 3 aliphatic carbocycles. The molecule has 0 bridgehead atoms. The average molecular weight is 384 g/mol. The van der Waals surface area contributed by atoms with Gasteiger partial charge in [-0.2, -0.15) is 0 Å². The Morgan fingerprint density at radius 3 is 2.36 bits per heavy atom. The van der Waals surface area contributed by atoms with Crippen molar-refractivity contribution in [3.63, 3.8) is 0 Å². The summed E-state index contributed by atoms with van der Waals surface area (Å²) in [6, 6.07) is 4.11. The SMILES string of the molecule is COC(=O)[C@H]1CC2=C(C(C)=O)CC[C@H]2[C@@H]2CCc3cc(OC)c(OC)cc3[C@H]21.